The minimum atomic E-state index is 0.870. The average Bonchev–Trinajstić information content (AvgIpc) is 2.38. The lowest BCUT2D eigenvalue weighted by Crippen LogP contribution is -2.10. The van der Waals surface area contributed by atoms with Crippen LogP contribution >= 0.6 is 0 Å². The third-order valence-corrected chi connectivity index (χ3v) is 2.47. The number of nitrogens with zero attached hydrogens (tertiary/aromatic N) is 3. The molecule has 0 aromatic heterocycles. The van der Waals surface area contributed by atoms with Crippen molar-refractivity contribution in [2.24, 2.45) is 10.2 Å². The molecule has 0 N–H and O–H groups in total. The number of azo groups is 1. The summed E-state index contributed by atoms with van der Waals surface area (Å²) in [6, 6.07) is 17.9. The summed E-state index contributed by atoms with van der Waals surface area (Å²) in [6.07, 6.45) is 0. The molecule has 3 heteroatoms. The molecule has 0 aliphatic rings. The molecule has 18 heavy (non-hydrogen) atoms. The van der Waals surface area contributed by atoms with Crippen molar-refractivity contribution in [3.63, 3.8) is 0 Å². The summed E-state index contributed by atoms with van der Waals surface area (Å²) in [5.41, 5.74) is 3.02. The van der Waals surface area contributed by atoms with Crippen molar-refractivity contribution in [1.29, 1.82) is 0 Å². The molecular weight excluding hydrogens is 222 g/mol. The van der Waals surface area contributed by atoms with Gasteiger partial charge in [-0.1, -0.05) is 30.3 Å². The van der Waals surface area contributed by atoms with Gasteiger partial charge in [0.25, 0.3) is 0 Å². The van der Waals surface area contributed by atoms with Gasteiger partial charge in [-0.05, 0) is 43.9 Å². The highest BCUT2D eigenvalue weighted by atomic mass is 15.1. The van der Waals surface area contributed by atoms with Crippen molar-refractivity contribution in [2.75, 3.05) is 14.1 Å². The Morgan fingerprint density at radius 1 is 0.778 bits per heavy atom. The fourth-order valence-electron chi connectivity index (χ4n) is 1.64. The van der Waals surface area contributed by atoms with Gasteiger partial charge in [0.1, 0.15) is 0 Å². The molecule has 0 fully saturated rings. The van der Waals surface area contributed by atoms with Gasteiger partial charge in [0, 0.05) is 6.54 Å². The largest absolute Gasteiger partial charge is 0.305 e. The van der Waals surface area contributed by atoms with Crippen LogP contribution in [0.1, 0.15) is 5.56 Å². The Morgan fingerprint density at radius 2 is 1.33 bits per heavy atom. The Labute approximate surface area is 108 Å². The average molecular weight is 239 g/mol. The molecule has 0 aliphatic heterocycles. The van der Waals surface area contributed by atoms with E-state index in [1.165, 1.54) is 5.56 Å². The van der Waals surface area contributed by atoms with E-state index >= 15 is 0 Å². The maximum atomic E-state index is 4.21. The van der Waals surface area contributed by atoms with E-state index in [4.69, 9.17) is 0 Å². The van der Waals surface area contributed by atoms with Gasteiger partial charge in [-0.25, -0.2) is 0 Å². The molecule has 0 saturated heterocycles. The normalized spacial score (nSPS) is 11.3. The van der Waals surface area contributed by atoms with Gasteiger partial charge in [0.2, 0.25) is 0 Å². The van der Waals surface area contributed by atoms with Gasteiger partial charge in [-0.3, -0.25) is 0 Å². The SMILES string of the molecule is CN(C)Cc1ccc(N=Nc2ccccc2)cc1. The molecule has 2 rings (SSSR count). The zero-order valence-corrected chi connectivity index (χ0v) is 10.7. The summed E-state index contributed by atoms with van der Waals surface area (Å²) in [7, 11) is 4.12. The van der Waals surface area contributed by atoms with Gasteiger partial charge in [0.05, 0.1) is 11.4 Å². The summed E-state index contributed by atoms with van der Waals surface area (Å²) < 4.78 is 0. The quantitative estimate of drug-likeness (QED) is 0.736. The lowest BCUT2D eigenvalue weighted by atomic mass is 10.2. The Bertz CT molecular complexity index is 501. The standard InChI is InChI=1S/C15H17N3/c1-18(2)12-13-8-10-15(11-9-13)17-16-14-6-4-3-5-7-14/h3-11H,12H2,1-2H3. The molecule has 92 valence electrons. The van der Waals surface area contributed by atoms with Gasteiger partial charge in [0.15, 0.2) is 0 Å². The maximum absolute atomic E-state index is 4.21. The van der Waals surface area contributed by atoms with Crippen LogP contribution in [0.15, 0.2) is 64.8 Å². The molecule has 0 heterocycles. The third kappa shape index (κ3) is 3.79. The maximum Gasteiger partial charge on any atom is 0.0857 e. The zero-order valence-electron chi connectivity index (χ0n) is 10.7. The lowest BCUT2D eigenvalue weighted by molar-refractivity contribution is 0.402. The van der Waals surface area contributed by atoms with Crippen LogP contribution in [0.3, 0.4) is 0 Å². The van der Waals surface area contributed by atoms with Crippen LogP contribution in [0.25, 0.3) is 0 Å². The molecule has 0 saturated carbocycles. The Morgan fingerprint density at radius 3 is 1.89 bits per heavy atom. The first-order valence-electron chi connectivity index (χ1n) is 5.94. The van der Waals surface area contributed by atoms with Crippen molar-refractivity contribution >= 4 is 11.4 Å². The van der Waals surface area contributed by atoms with Crippen LogP contribution < -0.4 is 0 Å². The van der Waals surface area contributed by atoms with Crippen molar-refractivity contribution in [3.8, 4) is 0 Å². The molecule has 0 bridgehead atoms. The van der Waals surface area contributed by atoms with Gasteiger partial charge in [-0.15, -0.1) is 0 Å². The molecule has 0 radical (unpaired) electrons. The molecule has 0 amide bonds. The van der Waals surface area contributed by atoms with Crippen LogP contribution in [-0.4, -0.2) is 19.0 Å². The van der Waals surface area contributed by atoms with E-state index < -0.39 is 0 Å². The molecule has 2 aromatic rings. The van der Waals surface area contributed by atoms with Crippen LogP contribution in [0.2, 0.25) is 0 Å². The summed E-state index contributed by atoms with van der Waals surface area (Å²) in [5.74, 6) is 0. The van der Waals surface area contributed by atoms with Crippen LogP contribution in [-0.2, 0) is 6.54 Å². The Kier molecular flexibility index (Phi) is 4.20. The summed E-state index contributed by atoms with van der Waals surface area (Å²) in [4.78, 5) is 2.14. The fourth-order valence-corrected chi connectivity index (χ4v) is 1.64. The highest BCUT2D eigenvalue weighted by Crippen LogP contribution is 2.18. The minimum absolute atomic E-state index is 0.870. The second-order valence-corrected chi connectivity index (χ2v) is 4.44. The molecule has 0 atom stereocenters. The highest BCUT2D eigenvalue weighted by molar-refractivity contribution is 5.40. The van der Waals surface area contributed by atoms with Gasteiger partial charge >= 0.3 is 0 Å². The topological polar surface area (TPSA) is 28.0 Å². The van der Waals surface area contributed by atoms with E-state index in [2.05, 4.69) is 41.4 Å². The van der Waals surface area contributed by atoms with E-state index in [1.807, 2.05) is 42.5 Å². The summed E-state index contributed by atoms with van der Waals surface area (Å²) in [6.45, 7) is 0.941. The summed E-state index contributed by atoms with van der Waals surface area (Å²) in [5, 5.41) is 8.39. The van der Waals surface area contributed by atoms with E-state index in [-0.39, 0.29) is 0 Å². The fraction of sp³-hybridized carbons (Fsp3) is 0.200. The molecular formula is C15H17N3. The molecule has 0 unspecified atom stereocenters. The zero-order chi connectivity index (χ0) is 12.8. The predicted octanol–water partition coefficient (Wildman–Crippen LogP) is 4.16. The second kappa shape index (κ2) is 6.07. The van der Waals surface area contributed by atoms with E-state index in [0.29, 0.717) is 0 Å². The first-order chi connectivity index (χ1) is 8.74. The first-order valence-corrected chi connectivity index (χ1v) is 5.94. The first kappa shape index (κ1) is 12.5. The van der Waals surface area contributed by atoms with Crippen LogP contribution in [0, 0.1) is 0 Å². The number of hydrogen-bond donors (Lipinski definition) is 0. The second-order valence-electron chi connectivity index (χ2n) is 4.44. The van der Waals surface area contributed by atoms with Crippen molar-refractivity contribution in [2.45, 2.75) is 6.54 Å². The smallest absolute Gasteiger partial charge is 0.0857 e. The van der Waals surface area contributed by atoms with Crippen molar-refractivity contribution < 1.29 is 0 Å². The van der Waals surface area contributed by atoms with Gasteiger partial charge in [-0.2, -0.15) is 10.2 Å². The van der Waals surface area contributed by atoms with Gasteiger partial charge < -0.3 is 4.90 Å². The molecule has 3 nitrogen and oxygen atoms in total. The van der Waals surface area contributed by atoms with Crippen molar-refractivity contribution in [3.05, 3.63) is 60.2 Å². The predicted molar refractivity (Wildman–Crippen MR) is 74.5 cm³/mol. The highest BCUT2D eigenvalue weighted by Gasteiger charge is 1.95. The Hall–Kier alpha value is -2.00. The Balaban J connectivity index is 2.04. The van der Waals surface area contributed by atoms with Crippen LogP contribution in [0.4, 0.5) is 11.4 Å². The molecule has 0 aliphatic carbocycles. The van der Waals surface area contributed by atoms with Crippen LogP contribution in [0.5, 0.6) is 0 Å². The number of benzene rings is 2. The third-order valence-electron chi connectivity index (χ3n) is 2.47. The monoisotopic (exact) mass is 239 g/mol. The molecule has 0 spiro atoms. The minimum Gasteiger partial charge on any atom is -0.305 e. The number of rotatable bonds is 4. The number of hydrogen-bond acceptors (Lipinski definition) is 3. The van der Waals surface area contributed by atoms with Crippen molar-refractivity contribution in [1.82, 2.24) is 4.90 Å². The summed E-state index contributed by atoms with van der Waals surface area (Å²) >= 11 is 0. The lowest BCUT2D eigenvalue weighted by Gasteiger charge is -2.08. The van der Waals surface area contributed by atoms with E-state index in [1.54, 1.807) is 0 Å². The van der Waals surface area contributed by atoms with E-state index in [9.17, 15) is 0 Å². The van der Waals surface area contributed by atoms with E-state index in [0.717, 1.165) is 17.9 Å². The molecule has 2 aromatic carbocycles.